The van der Waals surface area contributed by atoms with E-state index >= 15 is 0 Å². The molecule has 0 atom stereocenters. The van der Waals surface area contributed by atoms with E-state index in [0.717, 1.165) is 37.2 Å². The van der Waals surface area contributed by atoms with Gasteiger partial charge in [0.05, 0.1) is 12.7 Å². The summed E-state index contributed by atoms with van der Waals surface area (Å²) in [6.45, 7) is 5.25. The molecule has 0 aromatic rings. The summed E-state index contributed by atoms with van der Waals surface area (Å²) in [5, 5.41) is 0. The highest BCUT2D eigenvalue weighted by molar-refractivity contribution is 4.84. The molecule has 2 rings (SSSR count). The quantitative estimate of drug-likeness (QED) is 0.324. The Hall–Kier alpha value is -0.560. The van der Waals surface area contributed by atoms with Gasteiger partial charge in [-0.15, -0.1) is 0 Å². The van der Waals surface area contributed by atoms with Crippen LogP contribution in [0.5, 0.6) is 0 Å². The zero-order chi connectivity index (χ0) is 17.0. The van der Waals surface area contributed by atoms with E-state index < -0.39 is 0 Å². The van der Waals surface area contributed by atoms with Crippen LogP contribution in [-0.4, -0.2) is 12.7 Å². The molecular weight excluding hydrogens is 292 g/mol. The third-order valence-corrected chi connectivity index (χ3v) is 6.29. The first kappa shape index (κ1) is 19.8. The van der Waals surface area contributed by atoms with Crippen molar-refractivity contribution in [1.29, 1.82) is 0 Å². The molecule has 0 aromatic heterocycles. The minimum Gasteiger partial charge on any atom is -0.378 e. The predicted octanol–water partition coefficient (Wildman–Crippen LogP) is 7.08. The van der Waals surface area contributed by atoms with Gasteiger partial charge in [0.25, 0.3) is 0 Å². The molecule has 2 aliphatic carbocycles. The minimum absolute atomic E-state index is 0.549. The van der Waals surface area contributed by atoms with Crippen molar-refractivity contribution in [2.75, 3.05) is 6.61 Å². The number of ether oxygens (including phenoxy) is 1. The van der Waals surface area contributed by atoms with Gasteiger partial charge in [0.1, 0.15) is 0 Å². The molecule has 0 amide bonds. The normalized spacial score (nSPS) is 31.9. The van der Waals surface area contributed by atoms with Crippen LogP contribution in [0, 0.1) is 17.8 Å². The van der Waals surface area contributed by atoms with Gasteiger partial charge in [0, 0.05) is 0 Å². The predicted molar refractivity (Wildman–Crippen MR) is 105 cm³/mol. The molecule has 0 aromatic carbocycles. The first-order valence-corrected chi connectivity index (χ1v) is 10.7. The molecule has 1 nitrogen and oxygen atoms in total. The van der Waals surface area contributed by atoms with Crippen molar-refractivity contribution in [1.82, 2.24) is 0 Å². The van der Waals surface area contributed by atoms with Crippen molar-refractivity contribution in [2.24, 2.45) is 17.8 Å². The minimum atomic E-state index is 0.549. The Labute approximate surface area is 150 Å². The fraction of sp³-hybridized carbons (Fsp3) is 0.826. The number of allylic oxidation sites excluding steroid dienone is 3. The van der Waals surface area contributed by atoms with Gasteiger partial charge < -0.3 is 4.74 Å². The Balaban J connectivity index is 1.57. The molecule has 0 heterocycles. The van der Waals surface area contributed by atoms with Crippen molar-refractivity contribution in [2.45, 2.75) is 97.0 Å². The summed E-state index contributed by atoms with van der Waals surface area (Å²) < 4.78 is 6.08. The molecule has 0 unspecified atom stereocenters. The Bertz CT molecular complexity index is 354. The molecule has 0 aliphatic heterocycles. The fourth-order valence-electron chi connectivity index (χ4n) is 4.76. The Morgan fingerprint density at radius 3 is 2.08 bits per heavy atom. The summed E-state index contributed by atoms with van der Waals surface area (Å²) in [6, 6.07) is 0. The summed E-state index contributed by atoms with van der Waals surface area (Å²) >= 11 is 0. The SMILES string of the molecule is C/C=C/CC[C@H]1CC[C@H]([C@H]2CC[C@H](OCC/C=C\CC)CC2)CC1. The van der Waals surface area contributed by atoms with Crippen LogP contribution in [0.3, 0.4) is 0 Å². The molecule has 0 bridgehead atoms. The topological polar surface area (TPSA) is 9.23 Å². The van der Waals surface area contributed by atoms with Crippen molar-refractivity contribution >= 4 is 0 Å². The molecule has 0 N–H and O–H groups in total. The number of rotatable bonds is 9. The van der Waals surface area contributed by atoms with Crippen LogP contribution in [0.2, 0.25) is 0 Å². The Kier molecular flexibility index (Phi) is 9.80. The summed E-state index contributed by atoms with van der Waals surface area (Å²) in [4.78, 5) is 0. The third kappa shape index (κ3) is 7.13. The van der Waals surface area contributed by atoms with Gasteiger partial charge in [-0.25, -0.2) is 0 Å². The van der Waals surface area contributed by atoms with Gasteiger partial charge in [-0.1, -0.05) is 44.1 Å². The van der Waals surface area contributed by atoms with E-state index in [1.165, 1.54) is 64.2 Å². The van der Waals surface area contributed by atoms with Crippen molar-refractivity contribution in [3.63, 3.8) is 0 Å². The van der Waals surface area contributed by atoms with Crippen molar-refractivity contribution in [3.05, 3.63) is 24.3 Å². The van der Waals surface area contributed by atoms with Crippen LogP contribution in [0.1, 0.15) is 90.9 Å². The van der Waals surface area contributed by atoms with Gasteiger partial charge >= 0.3 is 0 Å². The molecule has 0 spiro atoms. The smallest absolute Gasteiger partial charge is 0.0575 e. The first-order valence-electron chi connectivity index (χ1n) is 10.7. The number of hydrogen-bond acceptors (Lipinski definition) is 1. The van der Waals surface area contributed by atoms with Gasteiger partial charge in [-0.3, -0.25) is 0 Å². The Morgan fingerprint density at radius 2 is 1.46 bits per heavy atom. The average molecular weight is 333 g/mol. The summed E-state index contributed by atoms with van der Waals surface area (Å²) in [7, 11) is 0. The van der Waals surface area contributed by atoms with E-state index in [2.05, 4.69) is 38.2 Å². The molecule has 0 radical (unpaired) electrons. The molecule has 138 valence electrons. The van der Waals surface area contributed by atoms with E-state index in [-0.39, 0.29) is 0 Å². The van der Waals surface area contributed by atoms with Crippen LogP contribution >= 0.6 is 0 Å². The highest BCUT2D eigenvalue weighted by Crippen LogP contribution is 2.41. The molecule has 24 heavy (non-hydrogen) atoms. The van der Waals surface area contributed by atoms with Crippen LogP contribution < -0.4 is 0 Å². The fourth-order valence-corrected chi connectivity index (χ4v) is 4.76. The second-order valence-electron chi connectivity index (χ2n) is 8.00. The van der Waals surface area contributed by atoms with Crippen LogP contribution in [0.4, 0.5) is 0 Å². The average Bonchev–Trinajstić information content (AvgIpc) is 2.63. The molecule has 2 fully saturated rings. The molecular formula is C23H40O. The van der Waals surface area contributed by atoms with E-state index in [9.17, 15) is 0 Å². The molecule has 0 saturated heterocycles. The summed E-state index contributed by atoms with van der Waals surface area (Å²) in [5.74, 6) is 3.03. The van der Waals surface area contributed by atoms with E-state index in [1.54, 1.807) is 0 Å². The largest absolute Gasteiger partial charge is 0.378 e. The summed E-state index contributed by atoms with van der Waals surface area (Å²) in [6.07, 6.45) is 26.0. The zero-order valence-corrected chi connectivity index (χ0v) is 16.2. The third-order valence-electron chi connectivity index (χ3n) is 6.29. The lowest BCUT2D eigenvalue weighted by molar-refractivity contribution is 0.00912. The molecule has 1 heteroatoms. The standard InChI is InChI=1S/C23H40O/c1-3-5-7-9-19-24-23-17-15-22(16-18-23)21-13-11-20(12-14-21)10-8-6-4-2/h4-7,20-23H,3,8-19H2,1-2H3/b6-4+,7-5-/t20-,21-,22-,23-. The van der Waals surface area contributed by atoms with Gasteiger partial charge in [-0.05, 0) is 88.9 Å². The lowest BCUT2D eigenvalue weighted by Gasteiger charge is -2.37. The summed E-state index contributed by atoms with van der Waals surface area (Å²) in [5.41, 5.74) is 0. The maximum Gasteiger partial charge on any atom is 0.0575 e. The lowest BCUT2D eigenvalue weighted by Crippen LogP contribution is -2.28. The van der Waals surface area contributed by atoms with E-state index in [0.29, 0.717) is 6.10 Å². The van der Waals surface area contributed by atoms with Crippen molar-refractivity contribution < 1.29 is 4.74 Å². The maximum absolute atomic E-state index is 6.08. The second-order valence-corrected chi connectivity index (χ2v) is 8.00. The highest BCUT2D eigenvalue weighted by Gasteiger charge is 2.30. The second kappa shape index (κ2) is 11.9. The van der Waals surface area contributed by atoms with Crippen LogP contribution in [-0.2, 0) is 4.74 Å². The zero-order valence-electron chi connectivity index (χ0n) is 16.2. The lowest BCUT2D eigenvalue weighted by atomic mass is 9.70. The molecule has 2 aliphatic rings. The molecule has 2 saturated carbocycles. The van der Waals surface area contributed by atoms with Crippen LogP contribution in [0.25, 0.3) is 0 Å². The van der Waals surface area contributed by atoms with Crippen molar-refractivity contribution in [3.8, 4) is 0 Å². The van der Waals surface area contributed by atoms with E-state index in [4.69, 9.17) is 4.74 Å². The van der Waals surface area contributed by atoms with E-state index in [1.807, 2.05) is 0 Å². The van der Waals surface area contributed by atoms with Gasteiger partial charge in [0.15, 0.2) is 0 Å². The Morgan fingerprint density at radius 1 is 0.792 bits per heavy atom. The van der Waals surface area contributed by atoms with Gasteiger partial charge in [0.2, 0.25) is 0 Å². The number of hydrogen-bond donors (Lipinski definition) is 0. The maximum atomic E-state index is 6.08. The van der Waals surface area contributed by atoms with Gasteiger partial charge in [-0.2, -0.15) is 0 Å². The van der Waals surface area contributed by atoms with Crippen LogP contribution in [0.15, 0.2) is 24.3 Å². The monoisotopic (exact) mass is 332 g/mol. The highest BCUT2D eigenvalue weighted by atomic mass is 16.5. The first-order chi connectivity index (χ1) is 11.8.